The van der Waals surface area contributed by atoms with Crippen molar-refractivity contribution in [2.75, 3.05) is 11.9 Å². The number of fused-ring (bicyclic) bond motifs is 8. The maximum Gasteiger partial charge on any atom is 0.142 e. The molecule has 0 fully saturated rings. The SMILES string of the molecule is CC(C)c1cccc(C(C)C)c1-c1cn2c(n1)-c1ccccc1C1c3ccccc3N(C)C12. The highest BCUT2D eigenvalue weighted by Crippen LogP contribution is 2.55. The molecule has 6 rings (SSSR count). The van der Waals surface area contributed by atoms with Crippen molar-refractivity contribution in [3.8, 4) is 22.6 Å². The van der Waals surface area contributed by atoms with Crippen LogP contribution < -0.4 is 4.90 Å². The number of aromatic nitrogens is 2. The molecule has 0 bridgehead atoms. The van der Waals surface area contributed by atoms with Gasteiger partial charge >= 0.3 is 0 Å². The second kappa shape index (κ2) is 7.34. The summed E-state index contributed by atoms with van der Waals surface area (Å²) in [7, 11) is 2.22. The summed E-state index contributed by atoms with van der Waals surface area (Å²) >= 11 is 0. The fourth-order valence-electron chi connectivity index (χ4n) is 6.01. The number of benzene rings is 3. The smallest absolute Gasteiger partial charge is 0.142 e. The zero-order chi connectivity index (χ0) is 22.9. The average molecular weight is 434 g/mol. The van der Waals surface area contributed by atoms with Gasteiger partial charge in [-0.3, -0.25) is 0 Å². The topological polar surface area (TPSA) is 21.1 Å². The number of likely N-dealkylation sites (N-methyl/N-ethyl adjacent to an activating group) is 1. The van der Waals surface area contributed by atoms with Crippen LogP contribution in [0.2, 0.25) is 0 Å². The Morgan fingerprint density at radius 1 is 0.758 bits per heavy atom. The van der Waals surface area contributed by atoms with Gasteiger partial charge in [0, 0.05) is 30.1 Å². The zero-order valence-electron chi connectivity index (χ0n) is 20.1. The van der Waals surface area contributed by atoms with Gasteiger partial charge in [-0.1, -0.05) is 88.4 Å². The monoisotopic (exact) mass is 433 g/mol. The Kier molecular flexibility index (Phi) is 4.52. The Balaban J connectivity index is 1.62. The minimum atomic E-state index is 0.197. The van der Waals surface area contributed by atoms with Crippen LogP contribution in [0.1, 0.15) is 73.9 Å². The van der Waals surface area contributed by atoms with E-state index in [4.69, 9.17) is 4.98 Å². The first-order chi connectivity index (χ1) is 16.0. The summed E-state index contributed by atoms with van der Waals surface area (Å²) in [6.45, 7) is 9.13. The van der Waals surface area contributed by atoms with Crippen LogP contribution in [-0.2, 0) is 0 Å². The van der Waals surface area contributed by atoms with Crippen LogP contribution in [0.5, 0.6) is 0 Å². The highest BCUT2D eigenvalue weighted by Gasteiger charge is 2.44. The molecule has 3 heterocycles. The molecule has 4 aromatic rings. The van der Waals surface area contributed by atoms with Crippen LogP contribution in [0.4, 0.5) is 5.69 Å². The summed E-state index contributed by atoms with van der Waals surface area (Å²) in [6, 6.07) is 24.5. The molecule has 0 saturated heterocycles. The van der Waals surface area contributed by atoms with Crippen LogP contribution in [0.15, 0.2) is 72.9 Å². The van der Waals surface area contributed by atoms with E-state index >= 15 is 0 Å². The lowest BCUT2D eigenvalue weighted by molar-refractivity contribution is 0.465. The van der Waals surface area contributed by atoms with Crippen molar-refractivity contribution in [1.29, 1.82) is 0 Å². The second-order valence-electron chi connectivity index (χ2n) is 10.1. The molecule has 0 radical (unpaired) electrons. The summed E-state index contributed by atoms with van der Waals surface area (Å²) in [5.41, 5.74) is 10.5. The Hall–Kier alpha value is -3.33. The molecule has 166 valence electrons. The maximum atomic E-state index is 5.34. The second-order valence-corrected chi connectivity index (χ2v) is 10.1. The van der Waals surface area contributed by atoms with E-state index in [0.717, 1.165) is 11.5 Å². The molecule has 2 unspecified atom stereocenters. The lowest BCUT2D eigenvalue weighted by Gasteiger charge is -2.34. The number of para-hydroxylation sites is 1. The van der Waals surface area contributed by atoms with Gasteiger partial charge in [-0.05, 0) is 40.2 Å². The van der Waals surface area contributed by atoms with Crippen molar-refractivity contribution in [2.24, 2.45) is 0 Å². The predicted octanol–water partition coefficient (Wildman–Crippen LogP) is 7.56. The van der Waals surface area contributed by atoms with Gasteiger partial charge in [0.15, 0.2) is 0 Å². The van der Waals surface area contributed by atoms with E-state index in [0.29, 0.717) is 17.8 Å². The molecule has 3 aromatic carbocycles. The third-order valence-electron chi connectivity index (χ3n) is 7.53. The van der Waals surface area contributed by atoms with Crippen LogP contribution >= 0.6 is 0 Å². The highest BCUT2D eigenvalue weighted by molar-refractivity contribution is 5.77. The molecule has 0 amide bonds. The van der Waals surface area contributed by atoms with Gasteiger partial charge in [0.25, 0.3) is 0 Å². The van der Waals surface area contributed by atoms with Crippen LogP contribution in [0.3, 0.4) is 0 Å². The molecule has 1 aromatic heterocycles. The zero-order valence-corrected chi connectivity index (χ0v) is 20.1. The molecule has 3 heteroatoms. The number of hydrogen-bond acceptors (Lipinski definition) is 2. The minimum Gasteiger partial charge on any atom is -0.353 e. The van der Waals surface area contributed by atoms with Gasteiger partial charge in [0.05, 0.1) is 11.6 Å². The van der Waals surface area contributed by atoms with Crippen molar-refractivity contribution in [3.63, 3.8) is 0 Å². The van der Waals surface area contributed by atoms with E-state index in [1.807, 2.05) is 0 Å². The minimum absolute atomic E-state index is 0.197. The Morgan fingerprint density at radius 3 is 2.09 bits per heavy atom. The maximum absolute atomic E-state index is 5.34. The lowest BCUT2D eigenvalue weighted by Crippen LogP contribution is -2.31. The summed E-state index contributed by atoms with van der Waals surface area (Å²) in [6.07, 6.45) is 2.51. The van der Waals surface area contributed by atoms with Crippen molar-refractivity contribution in [3.05, 3.63) is 95.2 Å². The third-order valence-corrected chi connectivity index (χ3v) is 7.53. The van der Waals surface area contributed by atoms with Crippen molar-refractivity contribution in [2.45, 2.75) is 51.6 Å². The van der Waals surface area contributed by atoms with E-state index in [-0.39, 0.29) is 6.17 Å². The summed E-state index contributed by atoms with van der Waals surface area (Å²) in [5.74, 6) is 2.27. The number of rotatable bonds is 3. The van der Waals surface area contributed by atoms with Crippen LogP contribution in [0, 0.1) is 0 Å². The number of hydrogen-bond donors (Lipinski definition) is 0. The standard InChI is InChI=1S/C30H31N3/c1-18(2)20-14-10-15-21(19(3)4)27(20)25-17-33-29(31-25)23-12-7-6-11-22(23)28-24-13-8-9-16-26(24)32(5)30(28)33/h6-19,28,30H,1-5H3. The molecule has 2 atom stereocenters. The third kappa shape index (κ3) is 2.84. The van der Waals surface area contributed by atoms with Gasteiger partial charge in [-0.2, -0.15) is 0 Å². The van der Waals surface area contributed by atoms with E-state index in [9.17, 15) is 0 Å². The molecular formula is C30H31N3. The number of anilines is 1. The number of nitrogens with zero attached hydrogens (tertiary/aromatic N) is 3. The predicted molar refractivity (Wildman–Crippen MR) is 137 cm³/mol. The van der Waals surface area contributed by atoms with Gasteiger partial charge in [0.1, 0.15) is 12.0 Å². The van der Waals surface area contributed by atoms with Crippen molar-refractivity contribution >= 4 is 5.69 Å². The highest BCUT2D eigenvalue weighted by atomic mass is 15.3. The van der Waals surface area contributed by atoms with E-state index < -0.39 is 0 Å². The molecule has 0 N–H and O–H groups in total. The van der Waals surface area contributed by atoms with Crippen LogP contribution in [-0.4, -0.2) is 16.6 Å². The molecule has 0 aliphatic carbocycles. The van der Waals surface area contributed by atoms with E-state index in [1.165, 1.54) is 39.1 Å². The van der Waals surface area contributed by atoms with Crippen molar-refractivity contribution in [1.82, 2.24) is 9.55 Å². The Bertz CT molecular complexity index is 1330. The van der Waals surface area contributed by atoms with Gasteiger partial charge in [0.2, 0.25) is 0 Å². The normalized spacial score (nSPS) is 18.3. The quantitative estimate of drug-likeness (QED) is 0.332. The molecule has 33 heavy (non-hydrogen) atoms. The van der Waals surface area contributed by atoms with Gasteiger partial charge in [-0.15, -0.1) is 0 Å². The first-order valence-corrected chi connectivity index (χ1v) is 12.1. The van der Waals surface area contributed by atoms with E-state index in [2.05, 4.69) is 117 Å². The van der Waals surface area contributed by atoms with Gasteiger partial charge < -0.3 is 9.47 Å². The lowest BCUT2D eigenvalue weighted by atomic mass is 9.85. The van der Waals surface area contributed by atoms with Crippen molar-refractivity contribution < 1.29 is 0 Å². The molecule has 0 spiro atoms. The molecule has 0 saturated carbocycles. The summed E-state index contributed by atoms with van der Waals surface area (Å²) in [5, 5.41) is 0. The Labute approximate surface area is 196 Å². The van der Waals surface area contributed by atoms with Gasteiger partial charge in [-0.25, -0.2) is 4.98 Å². The molecule has 2 aliphatic rings. The first-order valence-electron chi connectivity index (χ1n) is 12.1. The van der Waals surface area contributed by atoms with E-state index in [1.54, 1.807) is 0 Å². The van der Waals surface area contributed by atoms with Crippen LogP contribution in [0.25, 0.3) is 22.6 Å². The molecular weight excluding hydrogens is 402 g/mol. The fourth-order valence-corrected chi connectivity index (χ4v) is 6.01. The Morgan fingerprint density at radius 2 is 1.39 bits per heavy atom. The molecule has 3 nitrogen and oxygen atoms in total. The molecule has 2 aliphatic heterocycles. The average Bonchev–Trinajstić information content (AvgIpc) is 3.39. The largest absolute Gasteiger partial charge is 0.353 e. The first kappa shape index (κ1) is 20.3. The summed E-state index contributed by atoms with van der Waals surface area (Å²) in [4.78, 5) is 7.78. The fraction of sp³-hybridized carbons (Fsp3) is 0.300. The summed E-state index contributed by atoms with van der Waals surface area (Å²) < 4.78 is 2.43. The number of imidazole rings is 1.